The van der Waals surface area contributed by atoms with E-state index in [4.69, 9.17) is 4.74 Å². The summed E-state index contributed by atoms with van der Waals surface area (Å²) in [7, 11) is -3.59. The number of sulfonamides is 1. The zero-order chi connectivity index (χ0) is 22.3. The number of hydrogen-bond acceptors (Lipinski definition) is 6. The Bertz CT molecular complexity index is 902. The largest absolute Gasteiger partial charge is 0.447 e. The molecule has 4 heterocycles. The van der Waals surface area contributed by atoms with Crippen molar-refractivity contribution < 1.29 is 17.9 Å². The van der Waals surface area contributed by atoms with Crippen molar-refractivity contribution in [1.29, 1.82) is 0 Å². The van der Waals surface area contributed by atoms with Crippen molar-refractivity contribution in [2.24, 2.45) is 10.8 Å². The molecular weight excluding hydrogens is 416 g/mol. The Morgan fingerprint density at radius 2 is 1.84 bits per heavy atom. The van der Waals surface area contributed by atoms with Crippen molar-refractivity contribution in [3.63, 3.8) is 0 Å². The minimum Gasteiger partial charge on any atom is -0.447 e. The van der Waals surface area contributed by atoms with Crippen LogP contribution < -0.4 is 4.90 Å². The van der Waals surface area contributed by atoms with E-state index in [2.05, 4.69) is 30.7 Å². The van der Waals surface area contributed by atoms with E-state index in [-0.39, 0.29) is 15.7 Å². The Morgan fingerprint density at radius 3 is 2.42 bits per heavy atom. The average molecular weight is 451 g/mol. The molecule has 8 nitrogen and oxygen atoms in total. The summed E-state index contributed by atoms with van der Waals surface area (Å²) >= 11 is 0. The summed E-state index contributed by atoms with van der Waals surface area (Å²) in [4.78, 5) is 20.1. The van der Waals surface area contributed by atoms with Gasteiger partial charge in [0.05, 0.1) is 6.54 Å². The summed E-state index contributed by atoms with van der Waals surface area (Å²) in [5, 5.41) is 0. The zero-order valence-electron chi connectivity index (χ0n) is 18.8. The van der Waals surface area contributed by atoms with E-state index in [1.807, 2.05) is 0 Å². The Kier molecular flexibility index (Phi) is 6.04. The Labute approximate surface area is 185 Å². The maximum Gasteiger partial charge on any atom is 0.415 e. The molecule has 172 valence electrons. The number of aromatic nitrogens is 1. The fourth-order valence-electron chi connectivity index (χ4n) is 5.16. The second-order valence-electron chi connectivity index (χ2n) is 10.4. The van der Waals surface area contributed by atoms with Crippen LogP contribution in [0.2, 0.25) is 0 Å². The van der Waals surface area contributed by atoms with Gasteiger partial charge < -0.3 is 9.64 Å². The van der Waals surface area contributed by atoms with E-state index in [9.17, 15) is 13.2 Å². The topological polar surface area (TPSA) is 83.0 Å². The van der Waals surface area contributed by atoms with E-state index in [0.717, 1.165) is 32.5 Å². The highest BCUT2D eigenvalue weighted by Crippen LogP contribution is 2.41. The third-order valence-corrected chi connectivity index (χ3v) is 8.50. The number of pyridine rings is 1. The number of piperidine rings is 2. The van der Waals surface area contributed by atoms with Crippen LogP contribution >= 0.6 is 0 Å². The lowest BCUT2D eigenvalue weighted by Crippen LogP contribution is -2.51. The maximum absolute atomic E-state index is 13.2. The SMILES string of the molecule is CC(C)(C)CN1CCCC2(CCN(S(=O)(=O)c3ccc(N4CCOC4=O)nc3)CC2)C1. The molecule has 3 aliphatic rings. The molecule has 0 N–H and O–H groups in total. The molecule has 0 saturated carbocycles. The lowest BCUT2D eigenvalue weighted by molar-refractivity contribution is 0.0278. The zero-order valence-corrected chi connectivity index (χ0v) is 19.7. The van der Waals surface area contributed by atoms with E-state index in [1.54, 1.807) is 16.4 Å². The molecule has 4 rings (SSSR count). The van der Waals surface area contributed by atoms with Gasteiger partial charge in [-0.3, -0.25) is 4.90 Å². The molecule has 1 amide bonds. The highest BCUT2D eigenvalue weighted by molar-refractivity contribution is 7.89. The van der Waals surface area contributed by atoms with Crippen LogP contribution in [0.1, 0.15) is 46.5 Å². The number of cyclic esters (lactones) is 1. The fraction of sp³-hybridized carbons (Fsp3) is 0.727. The molecule has 3 aliphatic heterocycles. The van der Waals surface area contributed by atoms with Gasteiger partial charge in [-0.15, -0.1) is 0 Å². The molecule has 9 heteroatoms. The Morgan fingerprint density at radius 1 is 1.10 bits per heavy atom. The molecule has 0 atom stereocenters. The first-order valence-corrected chi connectivity index (χ1v) is 12.7. The Balaban J connectivity index is 1.40. The van der Waals surface area contributed by atoms with Crippen LogP contribution in [0.15, 0.2) is 23.2 Å². The van der Waals surface area contributed by atoms with Crippen LogP contribution in [-0.2, 0) is 14.8 Å². The van der Waals surface area contributed by atoms with Gasteiger partial charge in [0.1, 0.15) is 17.3 Å². The van der Waals surface area contributed by atoms with E-state index in [1.165, 1.54) is 23.9 Å². The van der Waals surface area contributed by atoms with Crippen molar-refractivity contribution in [3.8, 4) is 0 Å². The van der Waals surface area contributed by atoms with Gasteiger partial charge in [-0.1, -0.05) is 20.8 Å². The molecule has 0 aliphatic carbocycles. The van der Waals surface area contributed by atoms with Crippen molar-refractivity contribution in [2.75, 3.05) is 50.8 Å². The van der Waals surface area contributed by atoms with E-state index < -0.39 is 16.1 Å². The summed E-state index contributed by atoms with van der Waals surface area (Å²) in [6.45, 7) is 12.0. The van der Waals surface area contributed by atoms with Crippen LogP contribution in [0.3, 0.4) is 0 Å². The minimum absolute atomic E-state index is 0.178. The number of amides is 1. The number of hydrogen-bond donors (Lipinski definition) is 0. The number of carbonyl (C=O) groups excluding carboxylic acids is 1. The number of likely N-dealkylation sites (tertiary alicyclic amines) is 1. The van der Waals surface area contributed by atoms with Crippen LogP contribution in [0.25, 0.3) is 0 Å². The van der Waals surface area contributed by atoms with Gasteiger partial charge in [-0.25, -0.2) is 18.2 Å². The number of rotatable bonds is 4. The smallest absolute Gasteiger partial charge is 0.415 e. The standard InChI is InChI=1S/C22H34N4O4S/c1-21(2,3)16-24-10-4-7-22(17-24)8-11-25(12-9-22)31(28,29)18-5-6-19(23-15-18)26-13-14-30-20(26)27/h5-6,15H,4,7-14,16-17H2,1-3H3. The van der Waals surface area contributed by atoms with Crippen LogP contribution in [0.4, 0.5) is 10.6 Å². The predicted octanol–water partition coefficient (Wildman–Crippen LogP) is 2.95. The predicted molar refractivity (Wildman–Crippen MR) is 118 cm³/mol. The molecule has 0 radical (unpaired) electrons. The molecule has 1 aromatic rings. The van der Waals surface area contributed by atoms with Gasteiger partial charge in [-0.05, 0) is 55.2 Å². The Hall–Kier alpha value is -1.71. The van der Waals surface area contributed by atoms with Crippen LogP contribution in [0, 0.1) is 10.8 Å². The summed E-state index contributed by atoms with van der Waals surface area (Å²) < 4.78 is 32.9. The molecule has 0 aromatic carbocycles. The molecule has 0 bridgehead atoms. The number of nitrogens with zero attached hydrogens (tertiary/aromatic N) is 4. The van der Waals surface area contributed by atoms with Gasteiger partial charge in [0.25, 0.3) is 0 Å². The summed E-state index contributed by atoms with van der Waals surface area (Å²) in [5.74, 6) is 0.417. The highest BCUT2D eigenvalue weighted by Gasteiger charge is 2.41. The van der Waals surface area contributed by atoms with Crippen molar-refractivity contribution in [2.45, 2.75) is 51.3 Å². The fourth-order valence-corrected chi connectivity index (χ4v) is 6.55. The number of ether oxygens (including phenoxy) is 1. The average Bonchev–Trinajstić information content (AvgIpc) is 3.13. The van der Waals surface area contributed by atoms with Crippen LogP contribution in [0.5, 0.6) is 0 Å². The lowest BCUT2D eigenvalue weighted by Gasteiger charge is -2.48. The first kappa shape index (κ1) is 22.5. The van der Waals surface area contributed by atoms with Gasteiger partial charge in [0.15, 0.2) is 0 Å². The first-order chi connectivity index (χ1) is 14.6. The van der Waals surface area contributed by atoms with Crippen LogP contribution in [-0.4, -0.2) is 74.6 Å². The molecule has 31 heavy (non-hydrogen) atoms. The van der Waals surface area contributed by atoms with Crippen molar-refractivity contribution in [3.05, 3.63) is 18.3 Å². The van der Waals surface area contributed by atoms with Gasteiger partial charge in [0.2, 0.25) is 10.0 Å². The van der Waals surface area contributed by atoms with Gasteiger partial charge >= 0.3 is 6.09 Å². The highest BCUT2D eigenvalue weighted by atomic mass is 32.2. The monoisotopic (exact) mass is 450 g/mol. The lowest BCUT2D eigenvalue weighted by atomic mass is 9.72. The van der Waals surface area contributed by atoms with E-state index >= 15 is 0 Å². The number of anilines is 1. The first-order valence-electron chi connectivity index (χ1n) is 11.2. The maximum atomic E-state index is 13.2. The normalized spacial score (nSPS) is 23.3. The second-order valence-corrected chi connectivity index (χ2v) is 12.3. The molecule has 0 unspecified atom stereocenters. The molecule has 1 spiro atoms. The number of carbonyl (C=O) groups is 1. The molecule has 3 fully saturated rings. The van der Waals surface area contributed by atoms with E-state index in [0.29, 0.717) is 32.1 Å². The summed E-state index contributed by atoms with van der Waals surface area (Å²) in [6, 6.07) is 3.12. The van der Waals surface area contributed by atoms with Crippen molar-refractivity contribution in [1.82, 2.24) is 14.2 Å². The second kappa shape index (κ2) is 8.33. The minimum atomic E-state index is -3.59. The third-order valence-electron chi connectivity index (χ3n) is 6.62. The third kappa shape index (κ3) is 4.88. The molecular formula is C22H34N4O4S. The summed E-state index contributed by atoms with van der Waals surface area (Å²) in [5.41, 5.74) is 0.501. The summed E-state index contributed by atoms with van der Waals surface area (Å²) in [6.07, 6.45) is 5.08. The molecule has 3 saturated heterocycles. The quantitative estimate of drug-likeness (QED) is 0.701. The van der Waals surface area contributed by atoms with Crippen molar-refractivity contribution >= 4 is 21.9 Å². The van der Waals surface area contributed by atoms with Gasteiger partial charge in [-0.2, -0.15) is 4.31 Å². The molecule has 1 aromatic heterocycles. The van der Waals surface area contributed by atoms with Gasteiger partial charge in [0, 0.05) is 32.4 Å².